The largest absolute Gasteiger partial charge is 0.479 e. The van der Waals surface area contributed by atoms with E-state index in [1.54, 1.807) is 19.1 Å². The van der Waals surface area contributed by atoms with Gasteiger partial charge in [0, 0.05) is 10.2 Å². The van der Waals surface area contributed by atoms with Gasteiger partial charge in [-0.1, -0.05) is 33.6 Å². The lowest BCUT2D eigenvalue weighted by Gasteiger charge is -2.14. The molecule has 1 atom stereocenters. The monoisotopic (exact) mass is 405 g/mol. The first-order valence-electron chi connectivity index (χ1n) is 7.81. The third kappa shape index (κ3) is 5.90. The van der Waals surface area contributed by atoms with E-state index < -0.39 is 18.0 Å². The van der Waals surface area contributed by atoms with Crippen LogP contribution < -0.4 is 10.1 Å². The molecule has 0 aliphatic heterocycles. The van der Waals surface area contributed by atoms with Gasteiger partial charge in [0.1, 0.15) is 5.75 Å². The summed E-state index contributed by atoms with van der Waals surface area (Å²) in [5, 5.41) is 2.73. The van der Waals surface area contributed by atoms with Gasteiger partial charge in [-0.3, -0.25) is 4.79 Å². The Balaban J connectivity index is 1.82. The van der Waals surface area contributed by atoms with Crippen LogP contribution in [0.5, 0.6) is 5.75 Å². The fourth-order valence-corrected chi connectivity index (χ4v) is 2.42. The van der Waals surface area contributed by atoms with E-state index in [4.69, 9.17) is 9.47 Å². The Bertz CT molecular complexity index is 759. The summed E-state index contributed by atoms with van der Waals surface area (Å²) in [4.78, 5) is 23.9. The number of amides is 1. The number of carbonyl (C=O) groups is 2. The predicted octanol–water partition coefficient (Wildman–Crippen LogP) is 4.02. The Morgan fingerprint density at radius 2 is 1.80 bits per heavy atom. The number of rotatable bonds is 6. The maximum absolute atomic E-state index is 11.9. The van der Waals surface area contributed by atoms with Gasteiger partial charge in [0.05, 0.1) is 0 Å². The van der Waals surface area contributed by atoms with E-state index in [-0.39, 0.29) is 6.61 Å². The molecule has 0 saturated carbocycles. The quantitative estimate of drug-likeness (QED) is 0.737. The molecule has 2 rings (SSSR count). The average Bonchev–Trinajstić information content (AvgIpc) is 2.57. The molecule has 0 aromatic heterocycles. The number of ether oxygens (including phenoxy) is 2. The lowest BCUT2D eigenvalue weighted by atomic mass is 10.1. The Morgan fingerprint density at radius 1 is 1.12 bits per heavy atom. The standard InChI is InChI=1S/C19H20BrNO4/c1-12-4-9-17(13(2)10-12)21-18(22)11-24-19(23)14(3)25-16-7-5-15(20)6-8-16/h4-10,14H,11H2,1-3H3,(H,21,22)/t14-/m0/s1. The van der Waals surface area contributed by atoms with Crippen LogP contribution in [0.3, 0.4) is 0 Å². The number of anilines is 1. The van der Waals surface area contributed by atoms with Gasteiger partial charge in [-0.25, -0.2) is 4.79 Å². The van der Waals surface area contributed by atoms with E-state index in [1.165, 1.54) is 0 Å². The summed E-state index contributed by atoms with van der Waals surface area (Å²) < 4.78 is 11.4. The van der Waals surface area contributed by atoms with Gasteiger partial charge in [-0.2, -0.15) is 0 Å². The summed E-state index contributed by atoms with van der Waals surface area (Å²) in [6, 6.07) is 12.8. The van der Waals surface area contributed by atoms with E-state index in [0.717, 1.165) is 15.6 Å². The van der Waals surface area contributed by atoms with Crippen LogP contribution in [0, 0.1) is 13.8 Å². The van der Waals surface area contributed by atoms with Crippen LogP contribution >= 0.6 is 15.9 Å². The summed E-state index contributed by atoms with van der Waals surface area (Å²) >= 11 is 3.33. The smallest absolute Gasteiger partial charge is 0.347 e. The molecule has 0 spiro atoms. The molecule has 0 radical (unpaired) electrons. The summed E-state index contributed by atoms with van der Waals surface area (Å²) in [5.41, 5.74) is 2.76. The lowest BCUT2D eigenvalue weighted by Crippen LogP contribution is -2.29. The van der Waals surface area contributed by atoms with Crippen molar-refractivity contribution in [3.05, 3.63) is 58.1 Å². The first kappa shape index (κ1) is 19.0. The van der Waals surface area contributed by atoms with Crippen molar-refractivity contribution in [1.29, 1.82) is 0 Å². The topological polar surface area (TPSA) is 64.6 Å². The van der Waals surface area contributed by atoms with Crippen LogP contribution in [0.15, 0.2) is 46.9 Å². The maximum Gasteiger partial charge on any atom is 0.347 e. The fourth-order valence-electron chi connectivity index (χ4n) is 2.16. The number of hydrogen-bond acceptors (Lipinski definition) is 4. The number of halogens is 1. The second-order valence-electron chi connectivity index (χ2n) is 5.69. The Kier molecular flexibility index (Phi) is 6.58. The minimum absolute atomic E-state index is 0.361. The molecule has 2 aromatic rings. The number of esters is 1. The molecule has 0 bridgehead atoms. The van der Waals surface area contributed by atoms with E-state index in [1.807, 2.05) is 44.2 Å². The molecule has 0 fully saturated rings. The molecule has 132 valence electrons. The molecule has 0 saturated heterocycles. The van der Waals surface area contributed by atoms with Gasteiger partial charge in [0.2, 0.25) is 0 Å². The normalized spacial score (nSPS) is 11.5. The molecule has 5 nitrogen and oxygen atoms in total. The summed E-state index contributed by atoms with van der Waals surface area (Å²) in [5.74, 6) is -0.442. The molecule has 0 aliphatic rings. The molecule has 1 amide bonds. The SMILES string of the molecule is Cc1ccc(NC(=O)COC(=O)[C@H](C)Oc2ccc(Br)cc2)c(C)c1. The van der Waals surface area contributed by atoms with Crippen molar-refractivity contribution >= 4 is 33.5 Å². The van der Waals surface area contributed by atoms with E-state index in [9.17, 15) is 9.59 Å². The molecule has 0 heterocycles. The minimum Gasteiger partial charge on any atom is -0.479 e. The van der Waals surface area contributed by atoms with Crippen LogP contribution in [0.1, 0.15) is 18.1 Å². The van der Waals surface area contributed by atoms with E-state index >= 15 is 0 Å². The maximum atomic E-state index is 11.9. The van der Waals surface area contributed by atoms with Crippen LogP contribution in [-0.4, -0.2) is 24.6 Å². The Hall–Kier alpha value is -2.34. The molecule has 25 heavy (non-hydrogen) atoms. The molecule has 6 heteroatoms. The zero-order chi connectivity index (χ0) is 18.4. The zero-order valence-electron chi connectivity index (χ0n) is 14.3. The summed E-state index contributed by atoms with van der Waals surface area (Å²) in [6.45, 7) is 5.10. The van der Waals surface area contributed by atoms with Crippen molar-refractivity contribution in [2.45, 2.75) is 26.9 Å². The van der Waals surface area contributed by atoms with Gasteiger partial charge in [-0.15, -0.1) is 0 Å². The predicted molar refractivity (Wildman–Crippen MR) is 99.7 cm³/mol. The van der Waals surface area contributed by atoms with Crippen LogP contribution in [0.4, 0.5) is 5.69 Å². The Morgan fingerprint density at radius 3 is 2.44 bits per heavy atom. The van der Waals surface area contributed by atoms with E-state index in [0.29, 0.717) is 11.4 Å². The van der Waals surface area contributed by atoms with Crippen molar-refractivity contribution in [3.8, 4) is 5.75 Å². The third-order valence-electron chi connectivity index (χ3n) is 3.46. The fraction of sp³-hybridized carbons (Fsp3) is 0.263. The second kappa shape index (κ2) is 8.67. The average molecular weight is 406 g/mol. The van der Waals surface area contributed by atoms with Gasteiger partial charge in [-0.05, 0) is 56.7 Å². The summed E-state index contributed by atoms with van der Waals surface area (Å²) in [7, 11) is 0. The highest BCUT2D eigenvalue weighted by molar-refractivity contribution is 9.10. The molecule has 2 aromatic carbocycles. The van der Waals surface area contributed by atoms with Crippen molar-refractivity contribution < 1.29 is 19.1 Å². The van der Waals surface area contributed by atoms with Gasteiger partial charge in [0.25, 0.3) is 5.91 Å². The zero-order valence-corrected chi connectivity index (χ0v) is 15.9. The second-order valence-corrected chi connectivity index (χ2v) is 6.60. The molecule has 1 N–H and O–H groups in total. The van der Waals surface area contributed by atoms with Crippen molar-refractivity contribution in [3.63, 3.8) is 0 Å². The van der Waals surface area contributed by atoms with Crippen LogP contribution in [0.2, 0.25) is 0 Å². The lowest BCUT2D eigenvalue weighted by molar-refractivity contribution is -0.153. The molecular weight excluding hydrogens is 386 g/mol. The molecule has 0 unspecified atom stereocenters. The first-order chi connectivity index (χ1) is 11.8. The summed E-state index contributed by atoms with van der Waals surface area (Å²) in [6.07, 6.45) is -0.810. The van der Waals surface area contributed by atoms with Gasteiger partial charge in [0.15, 0.2) is 12.7 Å². The third-order valence-corrected chi connectivity index (χ3v) is 3.99. The number of nitrogens with one attached hydrogen (secondary N) is 1. The minimum atomic E-state index is -0.810. The highest BCUT2D eigenvalue weighted by Gasteiger charge is 2.18. The number of aryl methyl sites for hydroxylation is 2. The molecular formula is C19H20BrNO4. The molecule has 0 aliphatic carbocycles. The van der Waals surface area contributed by atoms with Crippen molar-refractivity contribution in [2.24, 2.45) is 0 Å². The van der Waals surface area contributed by atoms with Crippen molar-refractivity contribution in [2.75, 3.05) is 11.9 Å². The highest BCUT2D eigenvalue weighted by Crippen LogP contribution is 2.18. The first-order valence-corrected chi connectivity index (χ1v) is 8.60. The van der Waals surface area contributed by atoms with Crippen LogP contribution in [-0.2, 0) is 14.3 Å². The number of hydrogen-bond donors (Lipinski definition) is 1. The Labute approximate surface area is 155 Å². The number of benzene rings is 2. The van der Waals surface area contributed by atoms with Crippen LogP contribution in [0.25, 0.3) is 0 Å². The van der Waals surface area contributed by atoms with Gasteiger partial charge < -0.3 is 14.8 Å². The highest BCUT2D eigenvalue weighted by atomic mass is 79.9. The van der Waals surface area contributed by atoms with E-state index in [2.05, 4.69) is 21.2 Å². The van der Waals surface area contributed by atoms with Gasteiger partial charge >= 0.3 is 5.97 Å². The number of carbonyl (C=O) groups excluding carboxylic acids is 2. The van der Waals surface area contributed by atoms with Crippen molar-refractivity contribution in [1.82, 2.24) is 0 Å².